The Morgan fingerprint density at radius 3 is 2.73 bits per heavy atom. The number of allylic oxidation sites excluding steroid dienone is 1. The molecule has 112 valence electrons. The van der Waals surface area contributed by atoms with Gasteiger partial charge in [0.2, 0.25) is 5.95 Å². The zero-order chi connectivity index (χ0) is 16.3. The van der Waals surface area contributed by atoms with Crippen molar-refractivity contribution in [3.63, 3.8) is 0 Å². The van der Waals surface area contributed by atoms with Crippen LogP contribution in [0.1, 0.15) is 11.1 Å². The number of nitrogens with zero attached hydrogens (tertiary/aromatic N) is 3. The summed E-state index contributed by atoms with van der Waals surface area (Å²) in [4.78, 5) is 7.79. The summed E-state index contributed by atoms with van der Waals surface area (Å²) >= 11 is 0. The van der Waals surface area contributed by atoms with E-state index in [0.717, 1.165) is 5.56 Å². The van der Waals surface area contributed by atoms with Crippen LogP contribution in [-0.4, -0.2) is 22.2 Å². The van der Waals surface area contributed by atoms with Gasteiger partial charge in [0.15, 0.2) is 11.5 Å². The molecule has 0 saturated carbocycles. The molecule has 0 radical (unpaired) electrons. The van der Waals surface area contributed by atoms with Crippen molar-refractivity contribution in [2.45, 2.75) is 6.42 Å². The second-order valence-electron chi connectivity index (χ2n) is 4.49. The van der Waals surface area contributed by atoms with E-state index in [4.69, 9.17) is 16.2 Å². The van der Waals surface area contributed by atoms with Gasteiger partial charge in [0.25, 0.3) is 0 Å². The second-order valence-corrected chi connectivity index (χ2v) is 4.49. The molecule has 0 saturated heterocycles. The Morgan fingerprint density at radius 1 is 1.41 bits per heavy atom. The van der Waals surface area contributed by atoms with Crippen molar-refractivity contribution in [2.75, 3.05) is 18.6 Å². The summed E-state index contributed by atoms with van der Waals surface area (Å²) < 4.78 is 5.16. The number of aromatic nitrogens is 2. The van der Waals surface area contributed by atoms with Gasteiger partial charge in [-0.05, 0) is 24.1 Å². The Hall–Kier alpha value is -3.27. The third-order valence-corrected chi connectivity index (χ3v) is 3.06. The lowest BCUT2D eigenvalue weighted by atomic mass is 10.0. The molecule has 0 spiro atoms. The van der Waals surface area contributed by atoms with Gasteiger partial charge in [-0.2, -0.15) is 10.2 Å². The number of phenolic OH excluding ortho intramolecular Hbond substituents is 1. The van der Waals surface area contributed by atoms with Gasteiger partial charge in [0, 0.05) is 5.56 Å². The molecule has 0 aliphatic carbocycles. The zero-order valence-electron chi connectivity index (χ0n) is 12.0. The maximum atomic E-state index is 10.3. The minimum absolute atomic E-state index is 0.0438. The molecule has 5 N–H and O–H groups in total. The van der Waals surface area contributed by atoms with Crippen molar-refractivity contribution in [1.82, 2.24) is 9.97 Å². The van der Waals surface area contributed by atoms with Crippen LogP contribution >= 0.6 is 0 Å². The Morgan fingerprint density at radius 2 is 2.14 bits per heavy atom. The fourth-order valence-corrected chi connectivity index (χ4v) is 2.09. The van der Waals surface area contributed by atoms with Crippen molar-refractivity contribution >= 4 is 11.8 Å². The van der Waals surface area contributed by atoms with Crippen LogP contribution in [0.3, 0.4) is 0 Å². The lowest BCUT2D eigenvalue weighted by Crippen LogP contribution is -2.05. The first-order valence-corrected chi connectivity index (χ1v) is 6.36. The van der Waals surface area contributed by atoms with E-state index in [1.54, 1.807) is 18.2 Å². The topological polar surface area (TPSA) is 131 Å². The van der Waals surface area contributed by atoms with Crippen molar-refractivity contribution in [3.8, 4) is 28.8 Å². The summed E-state index contributed by atoms with van der Waals surface area (Å²) in [6.07, 6.45) is 2.27. The fourth-order valence-electron chi connectivity index (χ4n) is 2.09. The van der Waals surface area contributed by atoms with Crippen molar-refractivity contribution < 1.29 is 9.84 Å². The molecular weight excluding hydrogens is 282 g/mol. The van der Waals surface area contributed by atoms with Crippen LogP contribution in [0.15, 0.2) is 24.8 Å². The van der Waals surface area contributed by atoms with Gasteiger partial charge in [-0.3, -0.25) is 0 Å². The van der Waals surface area contributed by atoms with Crippen molar-refractivity contribution in [2.24, 2.45) is 0 Å². The van der Waals surface area contributed by atoms with Crippen LogP contribution in [0, 0.1) is 11.3 Å². The van der Waals surface area contributed by atoms with E-state index in [1.165, 1.54) is 7.11 Å². The van der Waals surface area contributed by atoms with Gasteiger partial charge in [-0.25, -0.2) is 4.98 Å². The summed E-state index contributed by atoms with van der Waals surface area (Å²) in [7, 11) is 1.43. The van der Waals surface area contributed by atoms with Gasteiger partial charge in [-0.1, -0.05) is 6.08 Å². The van der Waals surface area contributed by atoms with E-state index in [1.807, 2.05) is 6.07 Å². The number of phenols is 1. The average Bonchev–Trinajstić information content (AvgIpc) is 2.48. The average molecular weight is 297 g/mol. The number of nitrogen functional groups attached to an aromatic ring is 2. The molecule has 2 aromatic rings. The van der Waals surface area contributed by atoms with E-state index in [0.29, 0.717) is 12.0 Å². The van der Waals surface area contributed by atoms with Gasteiger partial charge < -0.3 is 21.3 Å². The first-order valence-electron chi connectivity index (χ1n) is 6.36. The number of nitriles is 1. The lowest BCUT2D eigenvalue weighted by Gasteiger charge is -2.13. The largest absolute Gasteiger partial charge is 0.504 e. The smallest absolute Gasteiger partial charge is 0.222 e. The van der Waals surface area contributed by atoms with Crippen molar-refractivity contribution in [3.05, 3.63) is 35.9 Å². The van der Waals surface area contributed by atoms with E-state index < -0.39 is 0 Å². The van der Waals surface area contributed by atoms with Gasteiger partial charge in [0.1, 0.15) is 17.5 Å². The van der Waals surface area contributed by atoms with E-state index >= 15 is 0 Å². The van der Waals surface area contributed by atoms with Crippen LogP contribution in [0.5, 0.6) is 11.5 Å². The minimum Gasteiger partial charge on any atom is -0.504 e. The van der Waals surface area contributed by atoms with Crippen LogP contribution in [0.2, 0.25) is 0 Å². The second kappa shape index (κ2) is 6.01. The Kier molecular flexibility index (Phi) is 4.13. The quantitative estimate of drug-likeness (QED) is 0.730. The van der Waals surface area contributed by atoms with Crippen LogP contribution in [-0.2, 0) is 6.42 Å². The number of methoxy groups -OCH3 is 1. The van der Waals surface area contributed by atoms with Crippen LogP contribution < -0.4 is 16.2 Å². The number of hydrogen-bond acceptors (Lipinski definition) is 7. The summed E-state index contributed by atoms with van der Waals surface area (Å²) in [5.41, 5.74) is 12.6. The van der Waals surface area contributed by atoms with Gasteiger partial charge in [0.05, 0.1) is 12.8 Å². The van der Waals surface area contributed by atoms with E-state index in [9.17, 15) is 10.4 Å². The first-order chi connectivity index (χ1) is 10.5. The normalized spacial score (nSPS) is 10.0. The monoisotopic (exact) mass is 297 g/mol. The molecule has 0 aliphatic rings. The van der Waals surface area contributed by atoms with Crippen LogP contribution in [0.25, 0.3) is 11.3 Å². The summed E-state index contributed by atoms with van der Waals surface area (Å²) in [5.74, 6) is -0.0187. The molecule has 0 fully saturated rings. The highest BCUT2D eigenvalue weighted by atomic mass is 16.5. The highest BCUT2D eigenvalue weighted by molar-refractivity contribution is 5.79. The maximum absolute atomic E-state index is 10.3. The lowest BCUT2D eigenvalue weighted by molar-refractivity contribution is 0.374. The molecule has 0 amide bonds. The molecule has 1 aromatic carbocycles. The molecule has 1 aromatic heterocycles. The molecule has 22 heavy (non-hydrogen) atoms. The molecule has 0 bridgehead atoms. The first kappa shape index (κ1) is 15.1. The Bertz CT molecular complexity index is 780. The predicted octanol–water partition coefficient (Wildman–Crippen LogP) is 1.62. The molecular formula is C15H15N5O2. The summed E-state index contributed by atoms with van der Waals surface area (Å²) in [6, 6.07) is 5.29. The third kappa shape index (κ3) is 2.62. The number of aromatic hydroxyl groups is 1. The Balaban J connectivity index is 2.79. The molecule has 0 atom stereocenters. The minimum atomic E-state index is -0.149. The number of rotatable bonds is 4. The van der Waals surface area contributed by atoms with Crippen molar-refractivity contribution in [1.29, 1.82) is 5.26 Å². The third-order valence-electron chi connectivity index (χ3n) is 3.06. The SMILES string of the molecule is C=CCc1cc(OC)c(O)c(-c2nc(N)nc(N)c2C#N)c1. The summed E-state index contributed by atoms with van der Waals surface area (Å²) in [5, 5.41) is 19.6. The number of benzene rings is 1. The molecule has 0 aliphatic heterocycles. The fraction of sp³-hybridized carbons (Fsp3) is 0.133. The number of anilines is 2. The number of nitrogens with two attached hydrogens (primary N) is 2. The molecule has 0 unspecified atom stereocenters. The highest BCUT2D eigenvalue weighted by Gasteiger charge is 2.19. The molecule has 7 nitrogen and oxygen atoms in total. The molecule has 2 rings (SSSR count). The van der Waals surface area contributed by atoms with Gasteiger partial charge in [-0.15, -0.1) is 6.58 Å². The number of hydrogen-bond donors (Lipinski definition) is 3. The highest BCUT2D eigenvalue weighted by Crippen LogP contribution is 2.39. The Labute approximate surface area is 127 Å². The van der Waals surface area contributed by atoms with Gasteiger partial charge >= 0.3 is 0 Å². The standard InChI is InChI=1S/C15H15N5O2/c1-3-4-8-5-9(13(21)11(6-8)22-2)12-10(7-16)14(17)20-15(18)19-12/h3,5-6,21H,1,4H2,2H3,(H4,17,18,19,20). The number of ether oxygens (including phenoxy) is 1. The van der Waals surface area contributed by atoms with E-state index in [2.05, 4.69) is 16.5 Å². The molecule has 7 heteroatoms. The van der Waals surface area contributed by atoms with E-state index in [-0.39, 0.29) is 34.5 Å². The summed E-state index contributed by atoms with van der Waals surface area (Å²) in [6.45, 7) is 3.68. The predicted molar refractivity (Wildman–Crippen MR) is 83.1 cm³/mol. The maximum Gasteiger partial charge on any atom is 0.222 e. The van der Waals surface area contributed by atoms with Crippen LogP contribution in [0.4, 0.5) is 11.8 Å². The zero-order valence-corrected chi connectivity index (χ0v) is 12.0. The molecule has 1 heterocycles.